The van der Waals surface area contributed by atoms with Gasteiger partial charge in [0.25, 0.3) is 16.9 Å². The number of benzene rings is 3. The minimum Gasteiger partial charge on any atom is -0.268 e. The Morgan fingerprint density at radius 3 is 2.19 bits per heavy atom. The van der Waals surface area contributed by atoms with Crippen LogP contribution in [0.25, 0.3) is 28.7 Å². The molecular weight excluding hydrogens is 400 g/mol. The molecule has 0 N–H and O–H groups in total. The van der Waals surface area contributed by atoms with Gasteiger partial charge in [-0.25, -0.2) is 4.98 Å². The first-order valence-electron chi connectivity index (χ1n) is 9.14. The molecule has 9 heteroatoms. The summed E-state index contributed by atoms with van der Waals surface area (Å²) < 4.78 is 1.32. The van der Waals surface area contributed by atoms with Crippen LogP contribution < -0.4 is 5.56 Å². The molecular formula is C22H14N4O5. The van der Waals surface area contributed by atoms with Crippen LogP contribution in [-0.2, 0) is 0 Å². The molecule has 0 spiro atoms. The predicted octanol–water partition coefficient (Wildman–Crippen LogP) is 4.37. The first-order chi connectivity index (χ1) is 15.0. The molecule has 0 fully saturated rings. The Bertz CT molecular complexity index is 1410. The largest absolute Gasteiger partial charge is 0.276 e. The average Bonchev–Trinajstić information content (AvgIpc) is 2.78. The van der Waals surface area contributed by atoms with E-state index < -0.39 is 9.85 Å². The number of aromatic nitrogens is 2. The van der Waals surface area contributed by atoms with E-state index in [9.17, 15) is 25.0 Å². The van der Waals surface area contributed by atoms with Crippen molar-refractivity contribution in [2.45, 2.75) is 0 Å². The molecule has 1 heterocycles. The second kappa shape index (κ2) is 7.99. The standard InChI is InChI=1S/C22H14N4O5/c27-22-18-6-2-3-7-19(18)23-21(14-9-15-5-1-4-8-20(15)26(30)31)24(22)16-10-12-17(13-11-16)25(28)29/h1-14H/b14-9+. The summed E-state index contributed by atoms with van der Waals surface area (Å²) in [6.45, 7) is 0. The van der Waals surface area contributed by atoms with Gasteiger partial charge in [0, 0.05) is 18.2 Å². The summed E-state index contributed by atoms with van der Waals surface area (Å²) in [5.41, 5.74) is 0.655. The highest BCUT2D eigenvalue weighted by Gasteiger charge is 2.14. The molecule has 0 radical (unpaired) electrons. The zero-order valence-electron chi connectivity index (χ0n) is 15.9. The quantitative estimate of drug-likeness (QED) is 0.353. The van der Waals surface area contributed by atoms with Crippen LogP contribution >= 0.6 is 0 Å². The van der Waals surface area contributed by atoms with Crippen LogP contribution in [-0.4, -0.2) is 19.4 Å². The third-order valence-electron chi connectivity index (χ3n) is 4.67. The molecule has 1 aromatic heterocycles. The monoisotopic (exact) mass is 414 g/mol. The summed E-state index contributed by atoms with van der Waals surface area (Å²) >= 11 is 0. The highest BCUT2D eigenvalue weighted by atomic mass is 16.6. The van der Waals surface area contributed by atoms with Crippen LogP contribution in [0.3, 0.4) is 0 Å². The van der Waals surface area contributed by atoms with Crippen molar-refractivity contribution in [1.82, 2.24) is 9.55 Å². The van der Waals surface area contributed by atoms with E-state index in [4.69, 9.17) is 0 Å². The fourth-order valence-corrected chi connectivity index (χ4v) is 3.19. The van der Waals surface area contributed by atoms with Crippen molar-refractivity contribution in [1.29, 1.82) is 0 Å². The Balaban J connectivity index is 1.92. The second-order valence-corrected chi connectivity index (χ2v) is 6.55. The van der Waals surface area contributed by atoms with Gasteiger partial charge in [0.15, 0.2) is 0 Å². The van der Waals surface area contributed by atoms with Gasteiger partial charge in [0.2, 0.25) is 0 Å². The number of nitro groups is 2. The van der Waals surface area contributed by atoms with E-state index in [-0.39, 0.29) is 22.8 Å². The van der Waals surface area contributed by atoms with Gasteiger partial charge in [0.1, 0.15) is 5.82 Å². The molecule has 0 aliphatic rings. The van der Waals surface area contributed by atoms with Crippen molar-refractivity contribution >= 4 is 34.4 Å². The lowest BCUT2D eigenvalue weighted by molar-refractivity contribution is -0.385. The van der Waals surface area contributed by atoms with Crippen LogP contribution in [0.1, 0.15) is 11.4 Å². The molecule has 152 valence electrons. The normalized spacial score (nSPS) is 11.1. The van der Waals surface area contributed by atoms with Crippen LogP contribution in [0.5, 0.6) is 0 Å². The lowest BCUT2D eigenvalue weighted by Crippen LogP contribution is -2.22. The van der Waals surface area contributed by atoms with Gasteiger partial charge >= 0.3 is 0 Å². The maximum Gasteiger partial charge on any atom is 0.276 e. The third-order valence-corrected chi connectivity index (χ3v) is 4.67. The van der Waals surface area contributed by atoms with Gasteiger partial charge in [0.05, 0.1) is 32.0 Å². The Morgan fingerprint density at radius 1 is 0.806 bits per heavy atom. The first-order valence-corrected chi connectivity index (χ1v) is 9.14. The summed E-state index contributed by atoms with van der Waals surface area (Å²) in [5.74, 6) is 0.232. The van der Waals surface area contributed by atoms with Crippen molar-refractivity contribution < 1.29 is 9.85 Å². The molecule has 9 nitrogen and oxygen atoms in total. The second-order valence-electron chi connectivity index (χ2n) is 6.55. The highest BCUT2D eigenvalue weighted by molar-refractivity contribution is 5.80. The minimum absolute atomic E-state index is 0.0798. The molecule has 0 bridgehead atoms. The van der Waals surface area contributed by atoms with Gasteiger partial charge in [-0.05, 0) is 42.5 Å². The van der Waals surface area contributed by atoms with E-state index in [1.54, 1.807) is 42.5 Å². The van der Waals surface area contributed by atoms with Crippen molar-refractivity contribution in [3.05, 3.63) is 115 Å². The lowest BCUT2D eigenvalue weighted by Gasteiger charge is -2.11. The van der Waals surface area contributed by atoms with Gasteiger partial charge in [-0.3, -0.25) is 29.6 Å². The molecule has 4 rings (SSSR count). The summed E-state index contributed by atoms with van der Waals surface area (Å²) in [4.78, 5) is 39.0. The Kier molecular flexibility index (Phi) is 5.07. The number of fused-ring (bicyclic) bond motifs is 1. The molecule has 0 atom stereocenters. The van der Waals surface area contributed by atoms with Crippen molar-refractivity contribution in [2.24, 2.45) is 0 Å². The van der Waals surface area contributed by atoms with E-state index in [1.165, 1.54) is 47.1 Å². The van der Waals surface area contributed by atoms with Crippen LogP contribution in [0.15, 0.2) is 77.6 Å². The smallest absolute Gasteiger partial charge is 0.268 e. The molecule has 0 saturated carbocycles. The lowest BCUT2D eigenvalue weighted by atomic mass is 10.1. The number of nitrogens with zero attached hydrogens (tertiary/aromatic N) is 4. The molecule has 4 aromatic rings. The van der Waals surface area contributed by atoms with Crippen molar-refractivity contribution in [3.63, 3.8) is 0 Å². The van der Waals surface area contributed by atoms with E-state index >= 15 is 0 Å². The number of rotatable bonds is 5. The maximum atomic E-state index is 13.2. The number of non-ortho nitro benzene ring substituents is 1. The first kappa shape index (κ1) is 19.6. The molecule has 0 saturated heterocycles. The van der Waals surface area contributed by atoms with Crippen LogP contribution in [0, 0.1) is 20.2 Å². The fraction of sp³-hybridized carbons (Fsp3) is 0. The summed E-state index contributed by atoms with van der Waals surface area (Å²) in [6, 6.07) is 18.5. The molecule has 3 aromatic carbocycles. The summed E-state index contributed by atoms with van der Waals surface area (Å²) in [7, 11) is 0. The third kappa shape index (κ3) is 3.79. The van der Waals surface area contributed by atoms with Gasteiger partial charge in [-0.15, -0.1) is 0 Å². The van der Waals surface area contributed by atoms with Crippen molar-refractivity contribution in [3.8, 4) is 5.69 Å². The molecule has 0 amide bonds. The highest BCUT2D eigenvalue weighted by Crippen LogP contribution is 2.22. The molecule has 0 aliphatic carbocycles. The summed E-state index contributed by atoms with van der Waals surface area (Å²) in [5, 5.41) is 22.6. The molecule has 31 heavy (non-hydrogen) atoms. The van der Waals surface area contributed by atoms with Gasteiger partial charge < -0.3 is 0 Å². The SMILES string of the molecule is O=c1c2ccccc2nc(/C=C/c2ccccc2[N+](=O)[O-])n1-c1ccc([N+](=O)[O-])cc1. The van der Waals surface area contributed by atoms with Gasteiger partial charge in [-0.1, -0.05) is 24.3 Å². The van der Waals surface area contributed by atoms with Crippen molar-refractivity contribution in [2.75, 3.05) is 0 Å². The average molecular weight is 414 g/mol. The van der Waals surface area contributed by atoms with E-state index in [0.717, 1.165) is 0 Å². The number of hydrogen-bond donors (Lipinski definition) is 0. The Hall–Kier alpha value is -4.66. The van der Waals surface area contributed by atoms with E-state index in [2.05, 4.69) is 4.98 Å². The zero-order chi connectivity index (χ0) is 22.0. The number of hydrogen-bond acceptors (Lipinski definition) is 6. The Morgan fingerprint density at radius 2 is 1.48 bits per heavy atom. The van der Waals surface area contributed by atoms with Crippen LogP contribution in [0.2, 0.25) is 0 Å². The number of nitro benzene ring substituents is 2. The maximum absolute atomic E-state index is 13.2. The van der Waals surface area contributed by atoms with E-state index in [0.29, 0.717) is 22.2 Å². The van der Waals surface area contributed by atoms with Gasteiger partial charge in [-0.2, -0.15) is 0 Å². The van der Waals surface area contributed by atoms with Crippen LogP contribution in [0.4, 0.5) is 11.4 Å². The minimum atomic E-state index is -0.527. The zero-order valence-corrected chi connectivity index (χ0v) is 15.9. The summed E-state index contributed by atoms with van der Waals surface area (Å²) in [6.07, 6.45) is 3.02. The fourth-order valence-electron chi connectivity index (χ4n) is 3.19. The molecule has 0 unspecified atom stereocenters. The molecule has 0 aliphatic heterocycles. The van der Waals surface area contributed by atoms with E-state index in [1.807, 2.05) is 0 Å². The Labute approximate surface area is 174 Å². The predicted molar refractivity (Wildman–Crippen MR) is 116 cm³/mol. The topological polar surface area (TPSA) is 121 Å². The number of para-hydroxylation sites is 2.